The molecule has 1 aromatic carbocycles. The van der Waals surface area contributed by atoms with E-state index < -0.39 is 0 Å². The van der Waals surface area contributed by atoms with Gasteiger partial charge in [-0.2, -0.15) is 0 Å². The van der Waals surface area contributed by atoms with Gasteiger partial charge in [-0.3, -0.25) is 15.4 Å². The molecular formula is C16H16ClN3O2. The van der Waals surface area contributed by atoms with E-state index in [1.165, 1.54) is 0 Å². The van der Waals surface area contributed by atoms with Crippen molar-refractivity contribution in [3.8, 4) is 11.5 Å². The zero-order valence-corrected chi connectivity index (χ0v) is 12.9. The highest BCUT2D eigenvalue weighted by atomic mass is 35.5. The SMILES string of the molecule is COc1ccc2c(OCCN3C=CC=C(Cl)N3)ccnc2c1. The first-order valence-electron chi connectivity index (χ1n) is 6.89. The van der Waals surface area contributed by atoms with Crippen molar-refractivity contribution in [3.63, 3.8) is 0 Å². The van der Waals surface area contributed by atoms with Crippen molar-refractivity contribution >= 4 is 22.5 Å². The van der Waals surface area contributed by atoms with E-state index in [4.69, 9.17) is 21.1 Å². The molecule has 0 unspecified atom stereocenters. The summed E-state index contributed by atoms with van der Waals surface area (Å²) in [6.07, 6.45) is 7.32. The number of rotatable bonds is 5. The number of nitrogens with one attached hydrogen (secondary N) is 1. The normalized spacial score (nSPS) is 13.7. The molecule has 0 spiro atoms. The monoisotopic (exact) mass is 317 g/mol. The fourth-order valence-electron chi connectivity index (χ4n) is 2.18. The van der Waals surface area contributed by atoms with Crippen molar-refractivity contribution in [1.82, 2.24) is 15.4 Å². The van der Waals surface area contributed by atoms with Gasteiger partial charge in [0.05, 0.1) is 19.2 Å². The largest absolute Gasteiger partial charge is 0.497 e. The van der Waals surface area contributed by atoms with E-state index in [2.05, 4.69) is 10.4 Å². The molecule has 6 heteroatoms. The van der Waals surface area contributed by atoms with Crippen molar-refractivity contribution in [2.75, 3.05) is 20.3 Å². The number of ether oxygens (including phenoxy) is 2. The van der Waals surface area contributed by atoms with Crippen LogP contribution in [-0.2, 0) is 0 Å². The number of benzene rings is 1. The number of fused-ring (bicyclic) bond motifs is 1. The summed E-state index contributed by atoms with van der Waals surface area (Å²) in [5.41, 5.74) is 3.87. The average molecular weight is 318 g/mol. The Morgan fingerprint density at radius 3 is 3.05 bits per heavy atom. The van der Waals surface area contributed by atoms with E-state index >= 15 is 0 Å². The Labute approximate surface area is 133 Å². The fourth-order valence-corrected chi connectivity index (χ4v) is 2.36. The van der Waals surface area contributed by atoms with E-state index in [-0.39, 0.29) is 0 Å². The molecule has 0 bridgehead atoms. The van der Waals surface area contributed by atoms with Crippen molar-refractivity contribution in [2.45, 2.75) is 0 Å². The van der Waals surface area contributed by atoms with Crippen LogP contribution in [0.4, 0.5) is 0 Å². The molecule has 1 aliphatic rings. The summed E-state index contributed by atoms with van der Waals surface area (Å²) in [4.78, 5) is 4.34. The van der Waals surface area contributed by atoms with Crippen LogP contribution in [0.5, 0.6) is 11.5 Å². The Kier molecular flexibility index (Phi) is 4.34. The number of hydrogen-bond acceptors (Lipinski definition) is 5. The standard InChI is InChI=1S/C16H16ClN3O2/c1-21-12-4-5-13-14(11-12)18-7-6-15(13)22-10-9-20-8-2-3-16(17)19-20/h2-8,11,19H,9-10H2,1H3. The van der Waals surface area contributed by atoms with Crippen molar-refractivity contribution < 1.29 is 9.47 Å². The number of hydrazine groups is 1. The summed E-state index contributed by atoms with van der Waals surface area (Å²) in [6.45, 7) is 1.19. The fraction of sp³-hybridized carbons (Fsp3) is 0.188. The van der Waals surface area contributed by atoms with Gasteiger partial charge in [-0.15, -0.1) is 0 Å². The molecule has 22 heavy (non-hydrogen) atoms. The zero-order valence-electron chi connectivity index (χ0n) is 12.1. The van der Waals surface area contributed by atoms with Crippen LogP contribution in [0.1, 0.15) is 0 Å². The quantitative estimate of drug-likeness (QED) is 0.859. The lowest BCUT2D eigenvalue weighted by Gasteiger charge is -2.24. The molecule has 2 heterocycles. The second kappa shape index (κ2) is 6.58. The van der Waals surface area contributed by atoms with Crippen LogP contribution < -0.4 is 14.9 Å². The van der Waals surface area contributed by atoms with Crippen molar-refractivity contribution in [2.24, 2.45) is 0 Å². The van der Waals surface area contributed by atoms with Crippen LogP contribution in [0.2, 0.25) is 0 Å². The van der Waals surface area contributed by atoms with Crippen LogP contribution in [-0.4, -0.2) is 30.3 Å². The third-order valence-electron chi connectivity index (χ3n) is 3.26. The Hall–Kier alpha value is -2.40. The molecule has 5 nitrogen and oxygen atoms in total. The van der Waals surface area contributed by atoms with Gasteiger partial charge < -0.3 is 9.47 Å². The smallest absolute Gasteiger partial charge is 0.130 e. The van der Waals surface area contributed by atoms with Crippen molar-refractivity contribution in [3.05, 3.63) is 54.0 Å². The summed E-state index contributed by atoms with van der Waals surface area (Å²) < 4.78 is 11.1. The molecule has 1 N–H and O–H groups in total. The van der Waals surface area contributed by atoms with Crippen LogP contribution in [0.15, 0.2) is 54.0 Å². The third kappa shape index (κ3) is 3.26. The zero-order chi connectivity index (χ0) is 15.4. The molecule has 0 radical (unpaired) electrons. The maximum atomic E-state index is 5.91. The number of halogens is 1. The first-order chi connectivity index (χ1) is 10.8. The van der Waals surface area contributed by atoms with Crippen molar-refractivity contribution in [1.29, 1.82) is 0 Å². The molecule has 0 saturated carbocycles. The minimum absolute atomic E-state index is 0.520. The summed E-state index contributed by atoms with van der Waals surface area (Å²) in [5, 5.41) is 3.42. The van der Waals surface area contributed by atoms with E-state index in [9.17, 15) is 0 Å². The number of methoxy groups -OCH3 is 1. The van der Waals surface area contributed by atoms with Crippen LogP contribution in [0.3, 0.4) is 0 Å². The molecule has 0 saturated heterocycles. The van der Waals surface area contributed by atoms with Crippen LogP contribution in [0, 0.1) is 0 Å². The predicted octanol–water partition coefficient (Wildman–Crippen LogP) is 3.04. The number of aromatic nitrogens is 1. The summed E-state index contributed by atoms with van der Waals surface area (Å²) in [6, 6.07) is 7.61. The van der Waals surface area contributed by atoms with Gasteiger partial charge in [-0.25, -0.2) is 0 Å². The number of nitrogens with zero attached hydrogens (tertiary/aromatic N) is 2. The topological polar surface area (TPSA) is 46.6 Å². The van der Waals surface area contributed by atoms with E-state index in [1.54, 1.807) is 19.4 Å². The average Bonchev–Trinajstić information content (AvgIpc) is 2.54. The molecule has 2 aromatic rings. The highest BCUT2D eigenvalue weighted by Gasteiger charge is 2.07. The molecule has 0 fully saturated rings. The minimum Gasteiger partial charge on any atom is -0.497 e. The summed E-state index contributed by atoms with van der Waals surface area (Å²) >= 11 is 5.91. The molecule has 0 atom stereocenters. The second-order valence-corrected chi connectivity index (χ2v) is 5.11. The predicted molar refractivity (Wildman–Crippen MR) is 86.7 cm³/mol. The van der Waals surface area contributed by atoms with Gasteiger partial charge in [0.15, 0.2) is 0 Å². The second-order valence-electron chi connectivity index (χ2n) is 4.70. The number of pyridine rings is 1. The van der Waals surface area contributed by atoms with Gasteiger partial charge in [0.25, 0.3) is 0 Å². The summed E-state index contributed by atoms with van der Waals surface area (Å²) in [7, 11) is 1.64. The van der Waals surface area contributed by atoms with Gasteiger partial charge in [-0.05, 0) is 30.4 Å². The van der Waals surface area contributed by atoms with Gasteiger partial charge in [0.1, 0.15) is 23.3 Å². The van der Waals surface area contributed by atoms with Gasteiger partial charge in [0, 0.05) is 23.8 Å². The van der Waals surface area contributed by atoms with Gasteiger partial charge in [0.2, 0.25) is 0 Å². The third-order valence-corrected chi connectivity index (χ3v) is 3.47. The molecule has 1 aliphatic heterocycles. The lowest BCUT2D eigenvalue weighted by molar-refractivity contribution is 0.226. The Balaban J connectivity index is 1.66. The van der Waals surface area contributed by atoms with Crippen LogP contribution >= 0.6 is 11.6 Å². The minimum atomic E-state index is 0.520. The molecule has 0 amide bonds. The maximum absolute atomic E-state index is 5.91. The highest BCUT2D eigenvalue weighted by molar-refractivity contribution is 6.29. The van der Waals surface area contributed by atoms with E-state index in [1.807, 2.05) is 41.6 Å². The molecule has 114 valence electrons. The first kappa shape index (κ1) is 14.5. The molecule has 0 aliphatic carbocycles. The van der Waals surface area contributed by atoms with E-state index in [0.29, 0.717) is 18.3 Å². The van der Waals surface area contributed by atoms with Crippen LogP contribution in [0.25, 0.3) is 10.9 Å². The Bertz CT molecular complexity index is 730. The van der Waals surface area contributed by atoms with Gasteiger partial charge in [-0.1, -0.05) is 11.6 Å². The number of hydrogen-bond donors (Lipinski definition) is 1. The first-order valence-corrected chi connectivity index (χ1v) is 7.27. The Morgan fingerprint density at radius 2 is 2.23 bits per heavy atom. The van der Waals surface area contributed by atoms with Gasteiger partial charge >= 0.3 is 0 Å². The number of allylic oxidation sites excluding steroid dienone is 2. The molecule has 3 rings (SSSR count). The highest BCUT2D eigenvalue weighted by Crippen LogP contribution is 2.27. The lowest BCUT2D eigenvalue weighted by atomic mass is 10.2. The Morgan fingerprint density at radius 1 is 1.32 bits per heavy atom. The molecular weight excluding hydrogens is 302 g/mol. The molecule has 1 aromatic heterocycles. The summed E-state index contributed by atoms with van der Waals surface area (Å²) in [5.74, 6) is 1.58. The lowest BCUT2D eigenvalue weighted by Crippen LogP contribution is -2.36. The van der Waals surface area contributed by atoms with E-state index in [0.717, 1.165) is 22.4 Å². The maximum Gasteiger partial charge on any atom is 0.130 e.